The van der Waals surface area contributed by atoms with Crippen LogP contribution in [-0.4, -0.2) is 34.2 Å². The summed E-state index contributed by atoms with van der Waals surface area (Å²) in [6, 6.07) is 4.77. The van der Waals surface area contributed by atoms with E-state index in [9.17, 15) is 9.59 Å². The molecule has 2 rings (SSSR count). The van der Waals surface area contributed by atoms with Crippen LogP contribution in [0.15, 0.2) is 29.6 Å². The summed E-state index contributed by atoms with van der Waals surface area (Å²) >= 11 is 12.9. The van der Waals surface area contributed by atoms with Gasteiger partial charge in [-0.1, -0.05) is 35.0 Å². The Hall–Kier alpha value is -1.70. The Balaban J connectivity index is 1.88. The van der Waals surface area contributed by atoms with Gasteiger partial charge in [-0.3, -0.25) is 4.79 Å². The lowest BCUT2D eigenvalue weighted by atomic mass is 10.3. The second kappa shape index (κ2) is 8.24. The van der Waals surface area contributed by atoms with E-state index < -0.39 is 5.97 Å². The fourth-order valence-corrected chi connectivity index (χ4v) is 2.82. The summed E-state index contributed by atoms with van der Waals surface area (Å²) in [7, 11) is 0. The third kappa shape index (κ3) is 5.46. The van der Waals surface area contributed by atoms with Gasteiger partial charge in [0.1, 0.15) is 5.69 Å². The van der Waals surface area contributed by atoms with Gasteiger partial charge in [-0.25, -0.2) is 9.78 Å². The molecule has 1 aromatic carbocycles. The minimum absolute atomic E-state index is 0.111. The number of rotatable bonds is 6. The zero-order valence-corrected chi connectivity index (χ0v) is 14.4. The van der Waals surface area contributed by atoms with E-state index in [1.165, 1.54) is 6.20 Å². The third-order valence-electron chi connectivity index (χ3n) is 2.53. The number of aromatic amines is 1. The molecule has 0 saturated heterocycles. The molecule has 122 valence electrons. The van der Waals surface area contributed by atoms with Crippen molar-refractivity contribution in [2.45, 2.75) is 12.1 Å². The Labute approximate surface area is 146 Å². The van der Waals surface area contributed by atoms with Crippen LogP contribution in [0.2, 0.25) is 10.0 Å². The third-order valence-corrected chi connectivity index (χ3v) is 3.86. The first-order valence-electron chi connectivity index (χ1n) is 6.59. The Morgan fingerprint density at radius 2 is 2.00 bits per heavy atom. The molecule has 23 heavy (non-hydrogen) atoms. The Kier molecular flexibility index (Phi) is 6.32. The Morgan fingerprint density at radius 1 is 1.30 bits per heavy atom. The topological polar surface area (TPSA) is 84.1 Å². The fraction of sp³-hybridized carbons (Fsp3) is 0.214. The smallest absolute Gasteiger partial charge is 0.356 e. The largest absolute Gasteiger partial charge is 0.461 e. The number of aromatic nitrogens is 2. The lowest BCUT2D eigenvalue weighted by Crippen LogP contribution is -2.14. The van der Waals surface area contributed by atoms with Gasteiger partial charge < -0.3 is 15.0 Å². The number of thioether (sulfide) groups is 1. The van der Waals surface area contributed by atoms with E-state index in [0.29, 0.717) is 20.9 Å². The number of H-pyrrole nitrogens is 1. The average molecular weight is 374 g/mol. The molecule has 1 amide bonds. The number of ether oxygens (including phenoxy) is 1. The van der Waals surface area contributed by atoms with Crippen LogP contribution < -0.4 is 5.32 Å². The van der Waals surface area contributed by atoms with Crippen LogP contribution in [0.1, 0.15) is 17.4 Å². The van der Waals surface area contributed by atoms with Crippen LogP contribution in [0.3, 0.4) is 0 Å². The number of halogens is 2. The highest BCUT2D eigenvalue weighted by molar-refractivity contribution is 7.99. The van der Waals surface area contributed by atoms with Crippen LogP contribution in [0.5, 0.6) is 0 Å². The molecule has 0 aliphatic rings. The predicted molar refractivity (Wildman–Crippen MR) is 90.4 cm³/mol. The molecule has 2 aromatic rings. The molecule has 2 N–H and O–H groups in total. The number of esters is 1. The van der Waals surface area contributed by atoms with Gasteiger partial charge in [0.2, 0.25) is 5.91 Å². The lowest BCUT2D eigenvalue weighted by molar-refractivity contribution is -0.113. The molecule has 0 bridgehead atoms. The molecule has 1 heterocycles. The van der Waals surface area contributed by atoms with Crippen LogP contribution in [0.4, 0.5) is 5.69 Å². The monoisotopic (exact) mass is 373 g/mol. The lowest BCUT2D eigenvalue weighted by Gasteiger charge is -2.05. The minimum Gasteiger partial charge on any atom is -0.461 e. The van der Waals surface area contributed by atoms with Crippen molar-refractivity contribution in [2.75, 3.05) is 17.7 Å². The number of imidazole rings is 1. The van der Waals surface area contributed by atoms with E-state index in [4.69, 9.17) is 27.9 Å². The van der Waals surface area contributed by atoms with Crippen molar-refractivity contribution in [3.05, 3.63) is 40.1 Å². The van der Waals surface area contributed by atoms with Crippen molar-refractivity contribution in [1.29, 1.82) is 0 Å². The van der Waals surface area contributed by atoms with E-state index in [2.05, 4.69) is 15.3 Å². The molecule has 0 spiro atoms. The van der Waals surface area contributed by atoms with Gasteiger partial charge in [0.05, 0.1) is 18.6 Å². The predicted octanol–water partition coefficient (Wildman–Crippen LogP) is 3.62. The number of nitrogens with zero attached hydrogens (tertiary/aromatic N) is 1. The van der Waals surface area contributed by atoms with Gasteiger partial charge in [-0.05, 0) is 25.1 Å². The van der Waals surface area contributed by atoms with Crippen LogP contribution in [0.25, 0.3) is 0 Å². The first-order valence-corrected chi connectivity index (χ1v) is 8.33. The molecule has 9 heteroatoms. The zero-order chi connectivity index (χ0) is 16.8. The summed E-state index contributed by atoms with van der Waals surface area (Å²) in [5.74, 6) is -0.618. The number of anilines is 1. The summed E-state index contributed by atoms with van der Waals surface area (Å²) in [4.78, 5) is 30.2. The molecular weight excluding hydrogens is 361 g/mol. The summed E-state index contributed by atoms with van der Waals surface area (Å²) < 4.78 is 4.84. The first kappa shape index (κ1) is 17.7. The van der Waals surface area contributed by atoms with E-state index in [1.807, 2.05) is 0 Å². The van der Waals surface area contributed by atoms with Crippen molar-refractivity contribution in [3.8, 4) is 0 Å². The van der Waals surface area contributed by atoms with Crippen molar-refractivity contribution >= 4 is 52.5 Å². The van der Waals surface area contributed by atoms with Gasteiger partial charge in [-0.2, -0.15) is 0 Å². The molecule has 0 radical (unpaired) electrons. The van der Waals surface area contributed by atoms with E-state index in [0.717, 1.165) is 11.8 Å². The standard InChI is InChI=1S/C14H13Cl2N3O3S/c1-2-22-13(21)11-6-17-14(19-11)23-7-12(20)18-10-4-8(15)3-9(16)5-10/h3-6H,2,7H2,1H3,(H,17,19)(H,18,20). The van der Waals surface area contributed by atoms with Crippen molar-refractivity contribution < 1.29 is 14.3 Å². The zero-order valence-electron chi connectivity index (χ0n) is 12.1. The maximum atomic E-state index is 11.9. The fourth-order valence-electron chi connectivity index (χ4n) is 1.65. The molecule has 0 atom stereocenters. The van der Waals surface area contributed by atoms with Crippen molar-refractivity contribution in [2.24, 2.45) is 0 Å². The van der Waals surface area contributed by atoms with Gasteiger partial charge in [0, 0.05) is 15.7 Å². The number of hydrogen-bond acceptors (Lipinski definition) is 5. The van der Waals surface area contributed by atoms with E-state index >= 15 is 0 Å². The van der Waals surface area contributed by atoms with Crippen LogP contribution in [-0.2, 0) is 9.53 Å². The van der Waals surface area contributed by atoms with E-state index in [1.54, 1.807) is 25.1 Å². The molecule has 0 aliphatic carbocycles. The second-order valence-corrected chi connectivity index (χ2v) is 6.15. The molecule has 0 saturated carbocycles. The summed E-state index contributed by atoms with van der Waals surface area (Å²) in [5.41, 5.74) is 0.760. The SMILES string of the molecule is CCOC(=O)c1cnc(SCC(=O)Nc2cc(Cl)cc(Cl)c2)[nH]1. The highest BCUT2D eigenvalue weighted by atomic mass is 35.5. The molecule has 0 unspecified atom stereocenters. The first-order chi connectivity index (χ1) is 11.0. The summed E-state index contributed by atoms with van der Waals surface area (Å²) in [6.07, 6.45) is 1.37. The quantitative estimate of drug-likeness (QED) is 0.596. The maximum absolute atomic E-state index is 11.9. The summed E-state index contributed by atoms with van der Waals surface area (Å²) in [5, 5.41) is 4.00. The maximum Gasteiger partial charge on any atom is 0.356 e. The van der Waals surface area contributed by atoms with Crippen molar-refractivity contribution in [3.63, 3.8) is 0 Å². The number of amides is 1. The molecule has 1 aromatic heterocycles. The summed E-state index contributed by atoms with van der Waals surface area (Å²) in [6.45, 7) is 2.00. The normalized spacial score (nSPS) is 10.4. The highest BCUT2D eigenvalue weighted by Crippen LogP contribution is 2.23. The number of carbonyl (C=O) groups excluding carboxylic acids is 2. The van der Waals surface area contributed by atoms with E-state index in [-0.39, 0.29) is 24.0 Å². The van der Waals surface area contributed by atoms with Crippen LogP contribution >= 0.6 is 35.0 Å². The van der Waals surface area contributed by atoms with Gasteiger partial charge in [-0.15, -0.1) is 0 Å². The molecular formula is C14H13Cl2N3O3S. The van der Waals surface area contributed by atoms with Crippen LogP contribution in [0, 0.1) is 0 Å². The number of carbonyl (C=O) groups is 2. The van der Waals surface area contributed by atoms with Gasteiger partial charge >= 0.3 is 5.97 Å². The number of benzene rings is 1. The Morgan fingerprint density at radius 3 is 2.65 bits per heavy atom. The number of nitrogens with one attached hydrogen (secondary N) is 2. The molecule has 0 fully saturated rings. The van der Waals surface area contributed by atoms with Crippen molar-refractivity contribution in [1.82, 2.24) is 9.97 Å². The Bertz CT molecular complexity index is 701. The highest BCUT2D eigenvalue weighted by Gasteiger charge is 2.12. The van der Waals surface area contributed by atoms with Gasteiger partial charge in [0.15, 0.2) is 5.16 Å². The van der Waals surface area contributed by atoms with Gasteiger partial charge in [0.25, 0.3) is 0 Å². The number of hydrogen-bond donors (Lipinski definition) is 2. The molecule has 6 nitrogen and oxygen atoms in total. The molecule has 0 aliphatic heterocycles. The average Bonchev–Trinajstić information content (AvgIpc) is 2.93. The minimum atomic E-state index is -0.482. The second-order valence-electron chi connectivity index (χ2n) is 4.32.